The molecule has 4 heteroatoms. The van der Waals surface area contributed by atoms with Crippen molar-refractivity contribution in [3.8, 4) is 0 Å². The van der Waals surface area contributed by atoms with Gasteiger partial charge in [0.15, 0.2) is 0 Å². The minimum absolute atomic E-state index is 0.00636. The second-order valence-corrected chi connectivity index (χ2v) is 4.92. The second kappa shape index (κ2) is 5.48. The molecule has 0 bridgehead atoms. The molecule has 0 heterocycles. The summed E-state index contributed by atoms with van der Waals surface area (Å²) in [6.45, 7) is 1.75. The summed E-state index contributed by atoms with van der Waals surface area (Å²) in [6, 6.07) is 4.49. The minimum atomic E-state index is -0.368. The van der Waals surface area contributed by atoms with Crippen LogP contribution in [0.15, 0.2) is 18.2 Å². The van der Waals surface area contributed by atoms with Crippen molar-refractivity contribution in [3.63, 3.8) is 0 Å². The van der Waals surface area contributed by atoms with E-state index in [0.29, 0.717) is 11.1 Å². The third-order valence-corrected chi connectivity index (χ3v) is 3.64. The van der Waals surface area contributed by atoms with E-state index in [0.717, 1.165) is 19.3 Å². The first-order valence-corrected chi connectivity index (χ1v) is 6.29. The van der Waals surface area contributed by atoms with Gasteiger partial charge in [0.2, 0.25) is 0 Å². The maximum absolute atomic E-state index is 13.4. The fourth-order valence-corrected chi connectivity index (χ4v) is 2.43. The van der Waals surface area contributed by atoms with E-state index in [-0.39, 0.29) is 30.3 Å². The van der Waals surface area contributed by atoms with Crippen molar-refractivity contribution in [2.24, 2.45) is 5.92 Å². The Morgan fingerprint density at radius 3 is 2.94 bits per heavy atom. The van der Waals surface area contributed by atoms with Crippen LogP contribution in [0.1, 0.15) is 35.2 Å². The van der Waals surface area contributed by atoms with Crippen LogP contribution in [0.5, 0.6) is 0 Å². The molecule has 0 radical (unpaired) electrons. The van der Waals surface area contributed by atoms with Gasteiger partial charge in [-0.3, -0.25) is 4.79 Å². The lowest BCUT2D eigenvalue weighted by molar-refractivity contribution is 0.0915. The summed E-state index contributed by atoms with van der Waals surface area (Å²) in [4.78, 5) is 12.0. The third kappa shape index (κ3) is 2.70. The Labute approximate surface area is 106 Å². The first-order chi connectivity index (χ1) is 8.61. The van der Waals surface area contributed by atoms with Gasteiger partial charge in [-0.1, -0.05) is 12.5 Å². The maximum atomic E-state index is 13.4. The number of aliphatic hydroxyl groups is 1. The molecule has 2 N–H and O–H groups in total. The minimum Gasteiger partial charge on any atom is -0.396 e. The topological polar surface area (TPSA) is 49.3 Å². The number of aryl methyl sites for hydroxylation is 1. The molecule has 0 spiro atoms. The fraction of sp³-hybridized carbons (Fsp3) is 0.500. The summed E-state index contributed by atoms with van der Waals surface area (Å²) in [5.74, 6) is -0.503. The van der Waals surface area contributed by atoms with Crippen LogP contribution in [0, 0.1) is 18.7 Å². The molecule has 1 saturated carbocycles. The summed E-state index contributed by atoms with van der Waals surface area (Å²) in [7, 11) is 0. The van der Waals surface area contributed by atoms with Crippen LogP contribution in [0.25, 0.3) is 0 Å². The van der Waals surface area contributed by atoms with Crippen molar-refractivity contribution in [3.05, 3.63) is 35.1 Å². The predicted octanol–water partition coefficient (Wildman–Crippen LogP) is 2.02. The first kappa shape index (κ1) is 13.0. The van der Waals surface area contributed by atoms with Gasteiger partial charge in [-0.15, -0.1) is 0 Å². The molecule has 98 valence electrons. The number of nitrogens with one attached hydrogen (secondary N) is 1. The lowest BCUT2D eigenvalue weighted by Gasteiger charge is -2.19. The number of aliphatic hydroxyl groups excluding tert-OH is 1. The van der Waals surface area contributed by atoms with E-state index < -0.39 is 0 Å². The average molecular weight is 251 g/mol. The zero-order chi connectivity index (χ0) is 13.1. The SMILES string of the molecule is Cc1ccc(C(=O)NC2CCCC2CO)cc1F. The van der Waals surface area contributed by atoms with Gasteiger partial charge in [-0.25, -0.2) is 4.39 Å². The summed E-state index contributed by atoms with van der Waals surface area (Å²) < 4.78 is 13.4. The van der Waals surface area contributed by atoms with Crippen LogP contribution < -0.4 is 5.32 Å². The Hall–Kier alpha value is -1.42. The molecular formula is C14H18FNO2. The highest BCUT2D eigenvalue weighted by Gasteiger charge is 2.28. The molecule has 1 aliphatic rings. The Morgan fingerprint density at radius 2 is 2.28 bits per heavy atom. The van der Waals surface area contributed by atoms with Crippen molar-refractivity contribution in [1.29, 1.82) is 0 Å². The van der Waals surface area contributed by atoms with E-state index in [9.17, 15) is 14.3 Å². The van der Waals surface area contributed by atoms with Gasteiger partial charge in [0.05, 0.1) is 0 Å². The Bertz CT molecular complexity index is 447. The van der Waals surface area contributed by atoms with E-state index >= 15 is 0 Å². The molecule has 1 aromatic carbocycles. The van der Waals surface area contributed by atoms with Crippen molar-refractivity contribution < 1.29 is 14.3 Å². The van der Waals surface area contributed by atoms with Crippen molar-refractivity contribution in [2.75, 3.05) is 6.61 Å². The van der Waals surface area contributed by atoms with Crippen molar-refractivity contribution >= 4 is 5.91 Å². The van der Waals surface area contributed by atoms with Gasteiger partial charge in [-0.05, 0) is 37.5 Å². The highest BCUT2D eigenvalue weighted by Crippen LogP contribution is 2.25. The zero-order valence-electron chi connectivity index (χ0n) is 10.4. The fourth-order valence-electron chi connectivity index (χ4n) is 2.43. The molecule has 0 aliphatic heterocycles. The van der Waals surface area contributed by atoms with E-state index in [1.54, 1.807) is 19.1 Å². The highest BCUT2D eigenvalue weighted by molar-refractivity contribution is 5.94. The van der Waals surface area contributed by atoms with E-state index in [1.165, 1.54) is 6.07 Å². The van der Waals surface area contributed by atoms with Gasteiger partial charge < -0.3 is 10.4 Å². The number of rotatable bonds is 3. The number of halogens is 1. The Morgan fingerprint density at radius 1 is 1.50 bits per heavy atom. The number of hydrogen-bond donors (Lipinski definition) is 2. The van der Waals surface area contributed by atoms with Crippen LogP contribution in [0.4, 0.5) is 4.39 Å². The molecule has 2 atom stereocenters. The molecule has 1 amide bonds. The molecule has 1 aromatic rings. The number of benzene rings is 1. The van der Waals surface area contributed by atoms with Crippen molar-refractivity contribution in [2.45, 2.75) is 32.2 Å². The molecule has 0 saturated heterocycles. The second-order valence-electron chi connectivity index (χ2n) is 4.92. The van der Waals surface area contributed by atoms with E-state index in [1.807, 2.05) is 0 Å². The van der Waals surface area contributed by atoms with E-state index in [4.69, 9.17) is 0 Å². The molecule has 2 rings (SSSR count). The smallest absolute Gasteiger partial charge is 0.251 e. The Balaban J connectivity index is 2.05. The standard InChI is InChI=1S/C14H18FNO2/c1-9-5-6-10(7-12(9)15)14(18)16-13-4-2-3-11(13)8-17/h5-7,11,13,17H,2-4,8H2,1H3,(H,16,18). The molecular weight excluding hydrogens is 233 g/mol. The number of carbonyl (C=O) groups is 1. The predicted molar refractivity (Wildman–Crippen MR) is 66.8 cm³/mol. The summed E-state index contributed by atoms with van der Waals surface area (Å²) in [5.41, 5.74) is 0.863. The number of amides is 1. The molecule has 0 aromatic heterocycles. The molecule has 1 aliphatic carbocycles. The largest absolute Gasteiger partial charge is 0.396 e. The molecule has 1 fully saturated rings. The average Bonchev–Trinajstić information content (AvgIpc) is 2.79. The lowest BCUT2D eigenvalue weighted by atomic mass is 10.0. The first-order valence-electron chi connectivity index (χ1n) is 6.29. The number of hydrogen-bond acceptors (Lipinski definition) is 2. The van der Waals surface area contributed by atoms with Gasteiger partial charge in [0.1, 0.15) is 5.82 Å². The monoisotopic (exact) mass is 251 g/mol. The van der Waals surface area contributed by atoms with Crippen LogP contribution in [-0.2, 0) is 0 Å². The molecule has 2 unspecified atom stereocenters. The third-order valence-electron chi connectivity index (χ3n) is 3.64. The molecule has 3 nitrogen and oxygen atoms in total. The quantitative estimate of drug-likeness (QED) is 0.863. The van der Waals surface area contributed by atoms with Crippen LogP contribution in [0.3, 0.4) is 0 Å². The highest BCUT2D eigenvalue weighted by atomic mass is 19.1. The van der Waals surface area contributed by atoms with Gasteiger partial charge >= 0.3 is 0 Å². The van der Waals surface area contributed by atoms with E-state index in [2.05, 4.69) is 5.32 Å². The normalized spacial score (nSPS) is 23.1. The summed E-state index contributed by atoms with van der Waals surface area (Å²) in [5, 5.41) is 12.1. The number of carbonyl (C=O) groups excluding carboxylic acids is 1. The van der Waals surface area contributed by atoms with Crippen LogP contribution in [0.2, 0.25) is 0 Å². The van der Waals surface area contributed by atoms with Crippen molar-refractivity contribution in [1.82, 2.24) is 5.32 Å². The van der Waals surface area contributed by atoms with Gasteiger partial charge in [0.25, 0.3) is 5.91 Å². The summed E-state index contributed by atoms with van der Waals surface area (Å²) in [6.07, 6.45) is 2.83. The lowest BCUT2D eigenvalue weighted by Crippen LogP contribution is -2.38. The Kier molecular flexibility index (Phi) is 3.97. The molecule has 18 heavy (non-hydrogen) atoms. The van der Waals surface area contributed by atoms with Gasteiger partial charge in [-0.2, -0.15) is 0 Å². The summed E-state index contributed by atoms with van der Waals surface area (Å²) >= 11 is 0. The zero-order valence-corrected chi connectivity index (χ0v) is 10.4. The van der Waals surface area contributed by atoms with Crippen LogP contribution >= 0.6 is 0 Å². The van der Waals surface area contributed by atoms with Crippen LogP contribution in [-0.4, -0.2) is 23.7 Å². The van der Waals surface area contributed by atoms with Gasteiger partial charge in [0, 0.05) is 24.1 Å². The maximum Gasteiger partial charge on any atom is 0.251 e.